The van der Waals surface area contributed by atoms with Gasteiger partial charge in [0.25, 0.3) is 0 Å². The number of hydrogen-bond acceptors (Lipinski definition) is 6. The van der Waals surface area contributed by atoms with E-state index in [1.807, 2.05) is 0 Å². The van der Waals surface area contributed by atoms with Crippen LogP contribution in [0.4, 0.5) is 11.4 Å². The lowest BCUT2D eigenvalue weighted by atomic mass is 10.0. The van der Waals surface area contributed by atoms with Crippen LogP contribution in [0, 0.1) is 0 Å². The van der Waals surface area contributed by atoms with E-state index in [1.54, 1.807) is 12.1 Å². The Kier molecular flexibility index (Phi) is 8.38. The Balaban J connectivity index is 1.25. The van der Waals surface area contributed by atoms with E-state index in [-0.39, 0.29) is 11.3 Å². The summed E-state index contributed by atoms with van der Waals surface area (Å²) in [7, 11) is 4.17. The van der Waals surface area contributed by atoms with Crippen molar-refractivity contribution in [3.05, 3.63) is 99.8 Å². The summed E-state index contributed by atoms with van der Waals surface area (Å²) in [6.45, 7) is 2.12. The Bertz CT molecular complexity index is 1330. The van der Waals surface area contributed by atoms with Gasteiger partial charge in [-0.05, 0) is 86.6 Å². The van der Waals surface area contributed by atoms with Gasteiger partial charge in [0.05, 0.1) is 11.6 Å². The van der Waals surface area contributed by atoms with E-state index in [0.717, 1.165) is 30.8 Å². The minimum Gasteiger partial charge on any atom is -0.506 e. The SMILES string of the molecule is CN(C)CCc1ccc(Nc2ccc(CCNC[C@H](O)c3ccc(O)c4[nH]c(=O)ccc34)cc2)cc1. The fourth-order valence-corrected chi connectivity index (χ4v) is 4.16. The second-order valence-corrected chi connectivity index (χ2v) is 9.33. The largest absolute Gasteiger partial charge is 0.506 e. The number of likely N-dealkylation sites (N-methyl/N-ethyl adjacent to an activating group) is 1. The van der Waals surface area contributed by atoms with Gasteiger partial charge in [0.2, 0.25) is 5.56 Å². The predicted molar refractivity (Wildman–Crippen MR) is 146 cm³/mol. The number of fused-ring (bicyclic) bond motifs is 1. The van der Waals surface area contributed by atoms with Gasteiger partial charge in [-0.2, -0.15) is 0 Å². The van der Waals surface area contributed by atoms with Gasteiger partial charge in [-0.25, -0.2) is 0 Å². The molecule has 5 N–H and O–H groups in total. The number of nitrogens with one attached hydrogen (secondary N) is 3. The molecular formula is C29H34N4O3. The molecule has 0 saturated carbocycles. The molecule has 1 aromatic heterocycles. The molecule has 188 valence electrons. The van der Waals surface area contributed by atoms with Crippen LogP contribution in [0.25, 0.3) is 10.9 Å². The Morgan fingerprint density at radius 3 is 2.14 bits per heavy atom. The molecule has 0 unspecified atom stereocenters. The number of pyridine rings is 1. The molecule has 7 heteroatoms. The molecule has 0 amide bonds. The van der Waals surface area contributed by atoms with Crippen LogP contribution in [0.15, 0.2) is 77.6 Å². The third-order valence-corrected chi connectivity index (χ3v) is 6.24. The maximum Gasteiger partial charge on any atom is 0.248 e. The van der Waals surface area contributed by atoms with Crippen LogP contribution in [0.1, 0.15) is 22.8 Å². The van der Waals surface area contributed by atoms with Crippen LogP contribution >= 0.6 is 0 Å². The maximum absolute atomic E-state index is 11.6. The first-order chi connectivity index (χ1) is 17.4. The van der Waals surface area contributed by atoms with Gasteiger partial charge in [-0.1, -0.05) is 30.3 Å². The van der Waals surface area contributed by atoms with Gasteiger partial charge in [-0.15, -0.1) is 0 Å². The molecule has 0 spiro atoms. The zero-order valence-electron chi connectivity index (χ0n) is 20.8. The number of aliphatic hydroxyl groups excluding tert-OH is 1. The molecule has 0 aliphatic carbocycles. The van der Waals surface area contributed by atoms with E-state index in [1.165, 1.54) is 23.3 Å². The maximum atomic E-state index is 11.6. The number of rotatable bonds is 11. The summed E-state index contributed by atoms with van der Waals surface area (Å²) in [6, 6.07) is 23.1. The lowest BCUT2D eigenvalue weighted by Gasteiger charge is -2.15. The number of phenols is 1. The zero-order valence-corrected chi connectivity index (χ0v) is 20.8. The highest BCUT2D eigenvalue weighted by Gasteiger charge is 2.13. The standard InChI is InChI=1S/C29H34N4O3/c1-33(2)18-16-21-5-9-23(10-6-21)31-22-7-3-20(4-8-22)15-17-30-19-27(35)24-11-13-26(34)29-25(24)12-14-28(36)32-29/h3-14,27,30-31,34-35H,15-19H2,1-2H3,(H,32,36)/t27-/m0/s1. The number of H-pyrrole nitrogens is 1. The summed E-state index contributed by atoms with van der Waals surface area (Å²) >= 11 is 0. The van der Waals surface area contributed by atoms with E-state index in [0.29, 0.717) is 29.6 Å². The molecule has 4 aromatic rings. The average Bonchev–Trinajstić information content (AvgIpc) is 2.87. The fraction of sp³-hybridized carbons (Fsp3) is 0.276. The van der Waals surface area contributed by atoms with E-state index >= 15 is 0 Å². The van der Waals surface area contributed by atoms with Crippen molar-refractivity contribution >= 4 is 22.3 Å². The van der Waals surface area contributed by atoms with E-state index in [2.05, 4.69) is 83.1 Å². The van der Waals surface area contributed by atoms with E-state index in [9.17, 15) is 15.0 Å². The molecular weight excluding hydrogens is 452 g/mol. The lowest BCUT2D eigenvalue weighted by molar-refractivity contribution is 0.176. The van der Waals surface area contributed by atoms with Crippen LogP contribution in [0.5, 0.6) is 5.75 Å². The normalized spacial score (nSPS) is 12.2. The third-order valence-electron chi connectivity index (χ3n) is 6.24. The number of aromatic hydroxyl groups is 1. The van der Waals surface area contributed by atoms with Crippen molar-refractivity contribution in [2.45, 2.75) is 18.9 Å². The Morgan fingerprint density at radius 1 is 0.861 bits per heavy atom. The van der Waals surface area contributed by atoms with E-state index < -0.39 is 6.10 Å². The molecule has 4 rings (SSSR count). The van der Waals surface area contributed by atoms with Crippen molar-refractivity contribution in [2.75, 3.05) is 39.0 Å². The highest BCUT2D eigenvalue weighted by Crippen LogP contribution is 2.28. The number of hydrogen-bond donors (Lipinski definition) is 5. The summed E-state index contributed by atoms with van der Waals surface area (Å²) < 4.78 is 0. The van der Waals surface area contributed by atoms with Gasteiger partial charge in [0.15, 0.2) is 0 Å². The molecule has 36 heavy (non-hydrogen) atoms. The van der Waals surface area contributed by atoms with Crippen LogP contribution in [0.3, 0.4) is 0 Å². The fourth-order valence-electron chi connectivity index (χ4n) is 4.16. The number of aromatic amines is 1. The van der Waals surface area contributed by atoms with Crippen molar-refractivity contribution in [2.24, 2.45) is 0 Å². The lowest BCUT2D eigenvalue weighted by Crippen LogP contribution is -2.24. The Hall–Kier alpha value is -3.65. The van der Waals surface area contributed by atoms with Gasteiger partial charge < -0.3 is 30.7 Å². The number of phenolic OH excluding ortho intramolecular Hbond substituents is 1. The van der Waals surface area contributed by atoms with Crippen molar-refractivity contribution < 1.29 is 10.2 Å². The second kappa shape index (κ2) is 11.9. The summed E-state index contributed by atoms with van der Waals surface area (Å²) in [5, 5.41) is 28.1. The molecule has 0 bridgehead atoms. The molecule has 0 radical (unpaired) electrons. The first-order valence-electron chi connectivity index (χ1n) is 12.2. The van der Waals surface area contributed by atoms with Crippen molar-refractivity contribution in [3.63, 3.8) is 0 Å². The van der Waals surface area contributed by atoms with Crippen LogP contribution in [0.2, 0.25) is 0 Å². The smallest absolute Gasteiger partial charge is 0.248 e. The van der Waals surface area contributed by atoms with Gasteiger partial charge in [0, 0.05) is 35.9 Å². The van der Waals surface area contributed by atoms with Gasteiger partial charge in [0.1, 0.15) is 5.75 Å². The summed E-state index contributed by atoms with van der Waals surface area (Å²) in [6.07, 6.45) is 1.11. The minimum atomic E-state index is -0.764. The number of aromatic nitrogens is 1. The average molecular weight is 487 g/mol. The second-order valence-electron chi connectivity index (χ2n) is 9.33. The predicted octanol–water partition coefficient (Wildman–Crippen LogP) is 3.95. The number of anilines is 2. The number of aliphatic hydroxyl groups is 1. The Morgan fingerprint density at radius 2 is 1.50 bits per heavy atom. The molecule has 0 aliphatic rings. The quantitative estimate of drug-likeness (QED) is 0.206. The van der Waals surface area contributed by atoms with Crippen molar-refractivity contribution in [1.82, 2.24) is 15.2 Å². The Labute approximate surface area is 211 Å². The molecule has 0 aliphatic heterocycles. The van der Waals surface area contributed by atoms with Crippen LogP contribution in [-0.2, 0) is 12.8 Å². The summed E-state index contributed by atoms with van der Waals surface area (Å²) in [5.74, 6) is -0.0124. The first kappa shape index (κ1) is 25.4. The topological polar surface area (TPSA) is 101 Å². The minimum absolute atomic E-state index is 0.0124. The number of nitrogens with zero attached hydrogens (tertiary/aromatic N) is 1. The van der Waals surface area contributed by atoms with Gasteiger partial charge in [-0.3, -0.25) is 4.79 Å². The summed E-state index contributed by atoms with van der Waals surface area (Å²) in [4.78, 5) is 16.4. The molecule has 7 nitrogen and oxygen atoms in total. The van der Waals surface area contributed by atoms with Gasteiger partial charge >= 0.3 is 0 Å². The highest BCUT2D eigenvalue weighted by atomic mass is 16.3. The molecule has 0 saturated heterocycles. The van der Waals surface area contributed by atoms with Crippen LogP contribution < -0.4 is 16.2 Å². The monoisotopic (exact) mass is 486 g/mol. The highest BCUT2D eigenvalue weighted by molar-refractivity contribution is 5.87. The van der Waals surface area contributed by atoms with E-state index in [4.69, 9.17) is 0 Å². The third kappa shape index (κ3) is 6.73. The first-order valence-corrected chi connectivity index (χ1v) is 12.2. The molecule has 0 fully saturated rings. The summed E-state index contributed by atoms with van der Waals surface area (Å²) in [5.41, 5.74) is 5.35. The molecule has 1 heterocycles. The molecule has 1 atom stereocenters. The van der Waals surface area contributed by atoms with Crippen LogP contribution in [-0.4, -0.2) is 53.8 Å². The zero-order chi connectivity index (χ0) is 25.5. The molecule has 3 aromatic carbocycles. The van der Waals surface area contributed by atoms with Crippen molar-refractivity contribution in [1.29, 1.82) is 0 Å². The van der Waals surface area contributed by atoms with Crippen molar-refractivity contribution in [3.8, 4) is 5.75 Å². The number of benzene rings is 3.